The molecule has 0 aromatic heterocycles. The first-order chi connectivity index (χ1) is 7.07. The van der Waals surface area contributed by atoms with Gasteiger partial charge in [0.15, 0.2) is 11.6 Å². The fraction of sp³-hybridized carbons (Fsp3) is 0.455. The second-order valence-corrected chi connectivity index (χ2v) is 2.82. The quantitative estimate of drug-likeness (QED) is 0.744. The molecule has 0 aliphatic rings. The van der Waals surface area contributed by atoms with Gasteiger partial charge in [0.2, 0.25) is 0 Å². The molecule has 0 spiro atoms. The number of nitrogens with two attached hydrogens (primary N) is 1. The maximum Gasteiger partial charge on any atom is 0.184 e. The number of benzene rings is 1. The molecule has 0 amide bonds. The average molecular weight is 216 g/mol. The summed E-state index contributed by atoms with van der Waals surface area (Å²) in [4.78, 5) is 0. The molecule has 0 heterocycles. The van der Waals surface area contributed by atoms with Gasteiger partial charge in [-0.1, -0.05) is 13.8 Å². The van der Waals surface area contributed by atoms with Gasteiger partial charge in [-0.3, -0.25) is 0 Å². The number of hydrogen-bond donors (Lipinski definition) is 2. The van der Waals surface area contributed by atoms with E-state index in [1.165, 1.54) is 13.0 Å². The van der Waals surface area contributed by atoms with Crippen molar-refractivity contribution in [1.29, 1.82) is 0 Å². The van der Waals surface area contributed by atoms with Crippen LogP contribution in [0.15, 0.2) is 6.07 Å². The lowest BCUT2D eigenvalue weighted by Crippen LogP contribution is -2.06. The van der Waals surface area contributed by atoms with Crippen molar-refractivity contribution in [2.45, 2.75) is 27.7 Å². The average Bonchev–Trinajstić information content (AvgIpc) is 2.24. The molecule has 15 heavy (non-hydrogen) atoms. The van der Waals surface area contributed by atoms with Crippen molar-refractivity contribution in [3.8, 4) is 0 Å². The van der Waals surface area contributed by atoms with Crippen molar-refractivity contribution in [2.75, 3.05) is 17.6 Å². The summed E-state index contributed by atoms with van der Waals surface area (Å²) >= 11 is 0. The van der Waals surface area contributed by atoms with Gasteiger partial charge in [-0.15, -0.1) is 0 Å². The van der Waals surface area contributed by atoms with Crippen LogP contribution >= 0.6 is 0 Å². The summed E-state index contributed by atoms with van der Waals surface area (Å²) in [7, 11) is 0. The van der Waals surface area contributed by atoms with Crippen LogP contribution in [-0.4, -0.2) is 6.54 Å². The molecular weight excluding hydrogens is 198 g/mol. The molecule has 0 aliphatic carbocycles. The van der Waals surface area contributed by atoms with E-state index in [9.17, 15) is 8.78 Å². The van der Waals surface area contributed by atoms with Crippen LogP contribution in [0.25, 0.3) is 0 Å². The molecule has 0 saturated carbocycles. The summed E-state index contributed by atoms with van der Waals surface area (Å²) in [6.45, 7) is 7.77. The second kappa shape index (κ2) is 6.22. The summed E-state index contributed by atoms with van der Waals surface area (Å²) in [6, 6.07) is 1.41. The minimum absolute atomic E-state index is 0.0469. The van der Waals surface area contributed by atoms with Crippen LogP contribution < -0.4 is 11.1 Å². The minimum Gasteiger partial charge on any atom is -0.397 e. The summed E-state index contributed by atoms with van der Waals surface area (Å²) in [5.41, 5.74) is 6.01. The Hall–Kier alpha value is -1.32. The van der Waals surface area contributed by atoms with E-state index in [0.29, 0.717) is 6.54 Å². The van der Waals surface area contributed by atoms with E-state index in [0.717, 1.165) is 0 Å². The molecule has 0 unspecified atom stereocenters. The summed E-state index contributed by atoms with van der Waals surface area (Å²) < 4.78 is 26.2. The van der Waals surface area contributed by atoms with E-state index in [-0.39, 0.29) is 16.9 Å². The van der Waals surface area contributed by atoms with Gasteiger partial charge in [0.1, 0.15) is 0 Å². The van der Waals surface area contributed by atoms with Gasteiger partial charge in [0.25, 0.3) is 0 Å². The fourth-order valence-corrected chi connectivity index (χ4v) is 1.13. The fourth-order valence-electron chi connectivity index (χ4n) is 1.13. The zero-order valence-corrected chi connectivity index (χ0v) is 9.62. The van der Waals surface area contributed by atoms with Crippen LogP contribution in [0.1, 0.15) is 26.3 Å². The van der Waals surface area contributed by atoms with Crippen LogP contribution in [0.3, 0.4) is 0 Å². The van der Waals surface area contributed by atoms with E-state index < -0.39 is 11.6 Å². The molecule has 1 aromatic carbocycles. The van der Waals surface area contributed by atoms with Crippen LogP contribution in [-0.2, 0) is 0 Å². The van der Waals surface area contributed by atoms with Crippen LogP contribution in [0, 0.1) is 18.6 Å². The third-order valence-electron chi connectivity index (χ3n) is 1.77. The second-order valence-electron chi connectivity index (χ2n) is 2.82. The van der Waals surface area contributed by atoms with Crippen molar-refractivity contribution < 1.29 is 8.78 Å². The first kappa shape index (κ1) is 13.7. The molecule has 0 radical (unpaired) electrons. The van der Waals surface area contributed by atoms with E-state index in [1.807, 2.05) is 13.8 Å². The van der Waals surface area contributed by atoms with Gasteiger partial charge < -0.3 is 11.1 Å². The number of anilines is 2. The van der Waals surface area contributed by atoms with E-state index in [2.05, 4.69) is 5.32 Å². The van der Waals surface area contributed by atoms with Gasteiger partial charge in [0.05, 0.1) is 11.4 Å². The maximum absolute atomic E-state index is 13.2. The Balaban J connectivity index is 0.000000921. The Morgan fingerprint density at radius 2 is 1.80 bits per heavy atom. The van der Waals surface area contributed by atoms with E-state index in [1.54, 1.807) is 6.92 Å². The number of nitrogen functional groups attached to an aromatic ring is 1. The molecule has 86 valence electrons. The summed E-state index contributed by atoms with van der Waals surface area (Å²) in [5.74, 6) is -1.75. The number of rotatable bonds is 2. The molecule has 0 fully saturated rings. The lowest BCUT2D eigenvalue weighted by Gasteiger charge is -2.10. The van der Waals surface area contributed by atoms with Gasteiger partial charge in [-0.05, 0) is 25.5 Å². The largest absolute Gasteiger partial charge is 0.397 e. The zero-order valence-electron chi connectivity index (χ0n) is 9.62. The summed E-state index contributed by atoms with van der Waals surface area (Å²) in [5, 5.41) is 2.67. The maximum atomic E-state index is 13.2. The Bertz CT molecular complexity index is 325. The van der Waals surface area contributed by atoms with Crippen molar-refractivity contribution in [1.82, 2.24) is 0 Å². The molecule has 3 N–H and O–H groups in total. The van der Waals surface area contributed by atoms with E-state index in [4.69, 9.17) is 5.73 Å². The molecule has 0 atom stereocenters. The molecular formula is C11H18F2N2. The van der Waals surface area contributed by atoms with Crippen LogP contribution in [0.5, 0.6) is 0 Å². The first-order valence-corrected chi connectivity index (χ1v) is 5.05. The standard InChI is InChI=1S/C9H12F2N2.C2H6/c1-3-13-9-6(12)4-5(2)7(10)8(9)11;1-2/h4,13H,3,12H2,1-2H3;1-2H3. The van der Waals surface area contributed by atoms with Crippen molar-refractivity contribution in [3.05, 3.63) is 23.3 Å². The highest BCUT2D eigenvalue weighted by molar-refractivity contribution is 5.68. The SMILES string of the molecule is CC.CCNc1c(N)cc(C)c(F)c1F. The third-order valence-corrected chi connectivity index (χ3v) is 1.77. The number of hydrogen-bond acceptors (Lipinski definition) is 2. The predicted molar refractivity (Wildman–Crippen MR) is 61.0 cm³/mol. The number of aryl methyl sites for hydroxylation is 1. The van der Waals surface area contributed by atoms with E-state index >= 15 is 0 Å². The molecule has 0 saturated heterocycles. The predicted octanol–water partition coefficient (Wildman–Crippen LogP) is 3.31. The highest BCUT2D eigenvalue weighted by Crippen LogP contribution is 2.26. The Morgan fingerprint density at radius 3 is 2.27 bits per heavy atom. The molecule has 4 heteroatoms. The monoisotopic (exact) mass is 216 g/mol. The Morgan fingerprint density at radius 1 is 1.27 bits per heavy atom. The first-order valence-electron chi connectivity index (χ1n) is 5.05. The minimum atomic E-state index is -0.903. The molecule has 1 aromatic rings. The van der Waals surface area contributed by atoms with Crippen molar-refractivity contribution >= 4 is 11.4 Å². The Labute approximate surface area is 89.5 Å². The molecule has 0 aliphatic heterocycles. The topological polar surface area (TPSA) is 38.0 Å². The van der Waals surface area contributed by atoms with Crippen LogP contribution in [0.4, 0.5) is 20.2 Å². The number of nitrogens with one attached hydrogen (secondary N) is 1. The lowest BCUT2D eigenvalue weighted by atomic mass is 10.1. The number of halogens is 2. The molecule has 1 rings (SSSR count). The smallest absolute Gasteiger partial charge is 0.184 e. The van der Waals surface area contributed by atoms with Gasteiger partial charge in [0, 0.05) is 6.54 Å². The third kappa shape index (κ3) is 3.08. The zero-order chi connectivity index (χ0) is 12.0. The highest BCUT2D eigenvalue weighted by atomic mass is 19.2. The summed E-state index contributed by atoms with van der Waals surface area (Å²) in [6.07, 6.45) is 0. The Kier molecular flexibility index (Phi) is 5.67. The van der Waals surface area contributed by atoms with Gasteiger partial charge in [-0.2, -0.15) is 0 Å². The van der Waals surface area contributed by atoms with Gasteiger partial charge in [-0.25, -0.2) is 8.78 Å². The van der Waals surface area contributed by atoms with Gasteiger partial charge >= 0.3 is 0 Å². The van der Waals surface area contributed by atoms with Crippen molar-refractivity contribution in [3.63, 3.8) is 0 Å². The molecule has 0 bridgehead atoms. The highest BCUT2D eigenvalue weighted by Gasteiger charge is 2.13. The lowest BCUT2D eigenvalue weighted by molar-refractivity contribution is 0.506. The molecule has 2 nitrogen and oxygen atoms in total. The van der Waals surface area contributed by atoms with Crippen molar-refractivity contribution in [2.24, 2.45) is 0 Å². The van der Waals surface area contributed by atoms with Crippen LogP contribution in [0.2, 0.25) is 0 Å². The normalized spacial score (nSPS) is 9.20.